The van der Waals surface area contributed by atoms with Gasteiger partial charge >= 0.3 is 5.97 Å². The number of rotatable bonds is 5. The molecule has 0 aliphatic carbocycles. The SMILES string of the molecule is C[C@H](NS(=O)(=O)c1ccsc1C(=O)O)c1cccs1. The maximum Gasteiger partial charge on any atom is 0.347 e. The van der Waals surface area contributed by atoms with E-state index in [1.807, 2.05) is 17.5 Å². The molecule has 5 nitrogen and oxygen atoms in total. The third kappa shape index (κ3) is 3.03. The minimum atomic E-state index is -3.83. The summed E-state index contributed by atoms with van der Waals surface area (Å²) in [5.74, 6) is -1.24. The molecule has 0 amide bonds. The monoisotopic (exact) mass is 317 g/mol. The van der Waals surface area contributed by atoms with Crippen LogP contribution in [-0.4, -0.2) is 19.5 Å². The van der Waals surface area contributed by atoms with E-state index in [4.69, 9.17) is 5.11 Å². The first-order valence-corrected chi connectivity index (χ1v) is 8.52. The molecule has 0 fully saturated rings. The average Bonchev–Trinajstić information content (AvgIpc) is 3.00. The van der Waals surface area contributed by atoms with E-state index in [9.17, 15) is 13.2 Å². The summed E-state index contributed by atoms with van der Waals surface area (Å²) in [7, 11) is -3.83. The number of hydrogen-bond acceptors (Lipinski definition) is 5. The van der Waals surface area contributed by atoms with Gasteiger partial charge in [-0.2, -0.15) is 0 Å². The summed E-state index contributed by atoms with van der Waals surface area (Å²) in [6, 6.07) is 4.56. The fourth-order valence-electron chi connectivity index (χ4n) is 1.56. The minimum Gasteiger partial charge on any atom is -0.477 e. The lowest BCUT2D eigenvalue weighted by atomic mass is 10.3. The van der Waals surface area contributed by atoms with Crippen LogP contribution in [-0.2, 0) is 10.0 Å². The second-order valence-corrected chi connectivity index (χ2v) is 7.36. The lowest BCUT2D eigenvalue weighted by Gasteiger charge is -2.12. The molecular weight excluding hydrogens is 306 g/mol. The quantitative estimate of drug-likeness (QED) is 0.887. The summed E-state index contributed by atoms with van der Waals surface area (Å²) in [4.78, 5) is 11.5. The zero-order chi connectivity index (χ0) is 14.0. The summed E-state index contributed by atoms with van der Waals surface area (Å²) in [6.07, 6.45) is 0. The molecule has 2 aromatic heterocycles. The van der Waals surface area contributed by atoms with Gasteiger partial charge in [-0.1, -0.05) is 6.07 Å². The van der Waals surface area contributed by atoms with Crippen molar-refractivity contribution in [1.82, 2.24) is 4.72 Å². The zero-order valence-corrected chi connectivity index (χ0v) is 12.3. The minimum absolute atomic E-state index is 0.175. The Balaban J connectivity index is 2.28. The fourth-order valence-corrected chi connectivity index (χ4v) is 4.85. The standard InChI is InChI=1S/C11H11NO4S3/c1-7(8-3-2-5-17-8)12-19(15,16)9-4-6-18-10(9)11(13)14/h2-7,12H,1H3,(H,13,14)/t7-/m0/s1. The molecule has 0 saturated heterocycles. The highest BCUT2D eigenvalue weighted by molar-refractivity contribution is 7.89. The number of hydrogen-bond donors (Lipinski definition) is 2. The van der Waals surface area contributed by atoms with Crippen LogP contribution in [0.2, 0.25) is 0 Å². The molecule has 0 radical (unpaired) electrons. The van der Waals surface area contributed by atoms with Crippen molar-refractivity contribution in [3.63, 3.8) is 0 Å². The third-order valence-electron chi connectivity index (χ3n) is 2.41. The van der Waals surface area contributed by atoms with Gasteiger partial charge in [-0.3, -0.25) is 0 Å². The molecule has 2 rings (SSSR count). The molecule has 0 saturated carbocycles. The topological polar surface area (TPSA) is 83.5 Å². The Labute approximate surface area is 118 Å². The fraction of sp³-hybridized carbons (Fsp3) is 0.182. The van der Waals surface area contributed by atoms with Gasteiger partial charge in [0.1, 0.15) is 9.77 Å². The van der Waals surface area contributed by atoms with Gasteiger partial charge in [-0.15, -0.1) is 22.7 Å². The summed E-state index contributed by atoms with van der Waals surface area (Å²) < 4.78 is 26.8. The highest BCUT2D eigenvalue weighted by atomic mass is 32.2. The van der Waals surface area contributed by atoms with Crippen LogP contribution in [0.3, 0.4) is 0 Å². The van der Waals surface area contributed by atoms with E-state index >= 15 is 0 Å². The highest BCUT2D eigenvalue weighted by Crippen LogP contribution is 2.25. The van der Waals surface area contributed by atoms with Crippen LogP contribution >= 0.6 is 22.7 Å². The van der Waals surface area contributed by atoms with Crippen molar-refractivity contribution in [2.75, 3.05) is 0 Å². The second kappa shape index (κ2) is 5.41. The Kier molecular flexibility index (Phi) is 4.04. The number of sulfonamides is 1. The van der Waals surface area contributed by atoms with E-state index in [0.717, 1.165) is 16.2 Å². The predicted molar refractivity (Wildman–Crippen MR) is 74.3 cm³/mol. The Hall–Kier alpha value is -1.22. The van der Waals surface area contributed by atoms with Gasteiger partial charge in [0.25, 0.3) is 0 Å². The van der Waals surface area contributed by atoms with Gasteiger partial charge < -0.3 is 5.11 Å². The Morgan fingerprint density at radius 2 is 2.05 bits per heavy atom. The molecule has 0 aliphatic heterocycles. The molecule has 0 spiro atoms. The van der Waals surface area contributed by atoms with Gasteiger partial charge in [-0.25, -0.2) is 17.9 Å². The molecule has 2 N–H and O–H groups in total. The maximum atomic E-state index is 12.2. The number of carboxylic acid groups (broad SMARTS) is 1. The summed E-state index contributed by atoms with van der Waals surface area (Å²) in [5.41, 5.74) is 0. The molecule has 8 heteroatoms. The maximum absolute atomic E-state index is 12.2. The van der Waals surface area contributed by atoms with Crippen molar-refractivity contribution in [2.45, 2.75) is 17.9 Å². The molecule has 2 heterocycles. The lowest BCUT2D eigenvalue weighted by molar-refractivity contribution is 0.0698. The summed E-state index contributed by atoms with van der Waals surface area (Å²) >= 11 is 2.33. The predicted octanol–water partition coefficient (Wildman–Crippen LogP) is 2.55. The van der Waals surface area contributed by atoms with Crippen LogP contribution in [0.25, 0.3) is 0 Å². The van der Waals surface area contributed by atoms with E-state index in [-0.39, 0.29) is 9.77 Å². The van der Waals surface area contributed by atoms with Gasteiger partial charge in [-0.05, 0) is 29.8 Å². The largest absolute Gasteiger partial charge is 0.477 e. The molecule has 19 heavy (non-hydrogen) atoms. The number of carbonyl (C=O) groups is 1. The van der Waals surface area contributed by atoms with Crippen molar-refractivity contribution in [3.05, 3.63) is 38.7 Å². The molecule has 0 aromatic carbocycles. The second-order valence-electron chi connectivity index (χ2n) is 3.78. The van der Waals surface area contributed by atoms with Crippen LogP contribution in [0.5, 0.6) is 0 Å². The van der Waals surface area contributed by atoms with Crippen LogP contribution in [0.1, 0.15) is 27.5 Å². The zero-order valence-electron chi connectivity index (χ0n) is 9.86. The van der Waals surface area contributed by atoms with E-state index in [1.165, 1.54) is 22.8 Å². The average molecular weight is 317 g/mol. The molecule has 0 unspecified atom stereocenters. The number of thiophene rings is 2. The summed E-state index contributed by atoms with van der Waals surface area (Å²) in [5, 5.41) is 12.3. The molecular formula is C11H11NO4S3. The third-order valence-corrected chi connectivity index (χ3v) is 6.08. The highest BCUT2D eigenvalue weighted by Gasteiger charge is 2.25. The number of aromatic carboxylic acids is 1. The summed E-state index contributed by atoms with van der Waals surface area (Å²) in [6.45, 7) is 1.72. The van der Waals surface area contributed by atoms with Gasteiger partial charge in [0.15, 0.2) is 0 Å². The molecule has 1 atom stereocenters. The number of carboxylic acids is 1. The first-order valence-electron chi connectivity index (χ1n) is 5.28. The van der Waals surface area contributed by atoms with E-state index in [0.29, 0.717) is 0 Å². The first-order chi connectivity index (χ1) is 8.92. The Morgan fingerprint density at radius 1 is 1.32 bits per heavy atom. The van der Waals surface area contributed by atoms with Crippen LogP contribution in [0, 0.1) is 0 Å². The number of nitrogens with one attached hydrogen (secondary N) is 1. The van der Waals surface area contributed by atoms with Gasteiger partial charge in [0, 0.05) is 4.88 Å². The van der Waals surface area contributed by atoms with Crippen LogP contribution < -0.4 is 4.72 Å². The Bertz CT molecular complexity index is 673. The first kappa shape index (κ1) is 14.2. The molecule has 2 aromatic rings. The van der Waals surface area contributed by atoms with Crippen molar-refractivity contribution >= 4 is 38.7 Å². The van der Waals surface area contributed by atoms with Crippen molar-refractivity contribution in [3.8, 4) is 0 Å². The molecule has 102 valence electrons. The van der Waals surface area contributed by atoms with E-state index in [1.54, 1.807) is 6.92 Å². The van der Waals surface area contributed by atoms with Gasteiger partial charge in [0.2, 0.25) is 10.0 Å². The van der Waals surface area contributed by atoms with Gasteiger partial charge in [0.05, 0.1) is 6.04 Å². The van der Waals surface area contributed by atoms with E-state index < -0.39 is 22.0 Å². The van der Waals surface area contributed by atoms with E-state index in [2.05, 4.69) is 4.72 Å². The Morgan fingerprint density at radius 3 is 2.63 bits per heavy atom. The van der Waals surface area contributed by atoms with Crippen molar-refractivity contribution in [1.29, 1.82) is 0 Å². The van der Waals surface area contributed by atoms with Crippen molar-refractivity contribution < 1.29 is 18.3 Å². The van der Waals surface area contributed by atoms with Crippen LogP contribution in [0.4, 0.5) is 0 Å². The van der Waals surface area contributed by atoms with Crippen molar-refractivity contribution in [2.24, 2.45) is 0 Å². The molecule has 0 aliphatic rings. The lowest BCUT2D eigenvalue weighted by Crippen LogP contribution is -2.27. The normalized spacial score (nSPS) is 13.3. The smallest absolute Gasteiger partial charge is 0.347 e. The van der Waals surface area contributed by atoms with Crippen LogP contribution in [0.15, 0.2) is 33.9 Å². The molecule has 0 bridgehead atoms.